The Hall–Kier alpha value is -1.93. The minimum atomic E-state index is -3.72. The summed E-state index contributed by atoms with van der Waals surface area (Å²) in [6.45, 7) is 1.51. The van der Waals surface area contributed by atoms with Gasteiger partial charge in [-0.15, -0.1) is 0 Å². The number of rotatable bonds is 3. The molecule has 0 bridgehead atoms. The molecule has 1 aliphatic rings. The maximum absolute atomic E-state index is 13.5. The quantitative estimate of drug-likeness (QED) is 0.746. The highest BCUT2D eigenvalue weighted by atomic mass is 35.5. The first kappa shape index (κ1) is 17.5. The van der Waals surface area contributed by atoms with Crippen LogP contribution in [-0.2, 0) is 17.1 Å². The van der Waals surface area contributed by atoms with Gasteiger partial charge >= 0.3 is 0 Å². The minimum absolute atomic E-state index is 0.276. The molecule has 6 nitrogen and oxygen atoms in total. The van der Waals surface area contributed by atoms with E-state index >= 15 is 0 Å². The number of sulfonamides is 1. The molecule has 1 saturated heterocycles. The minimum Gasteiger partial charge on any atom is -0.337 e. The van der Waals surface area contributed by atoms with Crippen LogP contribution < -0.4 is 5.32 Å². The molecule has 8 heteroatoms. The summed E-state index contributed by atoms with van der Waals surface area (Å²) in [5.74, 6) is 0.721. The second-order valence-electron chi connectivity index (χ2n) is 6.32. The van der Waals surface area contributed by atoms with Crippen molar-refractivity contribution in [2.24, 2.45) is 7.05 Å². The lowest BCUT2D eigenvalue weighted by Gasteiger charge is -2.35. The molecule has 4 rings (SSSR count). The highest BCUT2D eigenvalue weighted by molar-refractivity contribution is 7.89. The fourth-order valence-electron chi connectivity index (χ4n) is 3.48. The summed E-state index contributed by atoms with van der Waals surface area (Å²) in [6.07, 6.45) is 3.51. The monoisotopic (exact) mass is 390 g/mol. The molecule has 2 heterocycles. The number of aryl methyl sites for hydroxylation is 1. The molecule has 1 atom stereocenters. The summed E-state index contributed by atoms with van der Waals surface area (Å²) in [6, 6.07) is 10.2. The second kappa shape index (κ2) is 6.66. The van der Waals surface area contributed by atoms with Gasteiger partial charge in [0.2, 0.25) is 10.0 Å². The molecule has 1 unspecified atom stereocenters. The lowest BCUT2D eigenvalue weighted by molar-refractivity contribution is 0.258. The van der Waals surface area contributed by atoms with Gasteiger partial charge in [0.1, 0.15) is 5.82 Å². The Morgan fingerprint density at radius 3 is 2.69 bits per heavy atom. The molecular formula is C18H19ClN4O2S. The average Bonchev–Trinajstić information content (AvgIpc) is 3.08. The van der Waals surface area contributed by atoms with Gasteiger partial charge in [-0.2, -0.15) is 4.31 Å². The van der Waals surface area contributed by atoms with Gasteiger partial charge < -0.3 is 9.88 Å². The molecule has 26 heavy (non-hydrogen) atoms. The van der Waals surface area contributed by atoms with Crippen LogP contribution in [0, 0.1) is 0 Å². The van der Waals surface area contributed by atoms with Gasteiger partial charge in [-0.3, -0.25) is 0 Å². The highest BCUT2D eigenvalue weighted by Crippen LogP contribution is 2.34. The number of aromatic nitrogens is 2. The van der Waals surface area contributed by atoms with Crippen LogP contribution in [0.5, 0.6) is 0 Å². The van der Waals surface area contributed by atoms with Gasteiger partial charge in [-0.05, 0) is 12.1 Å². The van der Waals surface area contributed by atoms with Crippen LogP contribution in [0.25, 0.3) is 10.8 Å². The molecular weight excluding hydrogens is 372 g/mol. The van der Waals surface area contributed by atoms with Crippen LogP contribution >= 0.6 is 11.6 Å². The van der Waals surface area contributed by atoms with Crippen LogP contribution in [0.1, 0.15) is 11.9 Å². The number of imidazole rings is 1. The summed E-state index contributed by atoms with van der Waals surface area (Å²) in [4.78, 5) is 4.65. The van der Waals surface area contributed by atoms with Crippen molar-refractivity contribution < 1.29 is 8.42 Å². The zero-order valence-corrected chi connectivity index (χ0v) is 15.8. The maximum Gasteiger partial charge on any atom is 0.244 e. The van der Waals surface area contributed by atoms with Crippen molar-refractivity contribution in [3.63, 3.8) is 0 Å². The fraction of sp³-hybridized carbons (Fsp3) is 0.278. The van der Waals surface area contributed by atoms with Crippen molar-refractivity contribution in [2.45, 2.75) is 10.9 Å². The Morgan fingerprint density at radius 1 is 1.19 bits per heavy atom. The standard InChI is InChI=1S/C18H19ClN4O2S/c1-22-10-9-21-18(22)16-12-20-8-11-23(16)26(24,25)17-7-6-15(19)13-4-2-3-5-14(13)17/h2-7,9-10,16,20H,8,11-12H2,1H3. The molecule has 0 radical (unpaired) electrons. The van der Waals surface area contributed by atoms with Crippen molar-refractivity contribution in [1.29, 1.82) is 0 Å². The Bertz CT molecular complexity index is 1060. The maximum atomic E-state index is 13.5. The van der Waals surface area contributed by atoms with Crippen molar-refractivity contribution in [2.75, 3.05) is 19.6 Å². The summed E-state index contributed by atoms with van der Waals surface area (Å²) >= 11 is 6.26. The molecule has 1 N–H and O–H groups in total. The Morgan fingerprint density at radius 2 is 1.96 bits per heavy atom. The number of nitrogens with one attached hydrogen (secondary N) is 1. The Balaban J connectivity index is 1.86. The molecule has 0 spiro atoms. The van der Waals surface area contributed by atoms with Gasteiger partial charge in [-0.1, -0.05) is 35.9 Å². The van der Waals surface area contributed by atoms with Crippen LogP contribution in [0.3, 0.4) is 0 Å². The van der Waals surface area contributed by atoms with E-state index in [1.807, 2.05) is 36.0 Å². The van der Waals surface area contributed by atoms with E-state index in [-0.39, 0.29) is 10.9 Å². The summed E-state index contributed by atoms with van der Waals surface area (Å²) in [5, 5.41) is 5.18. The summed E-state index contributed by atoms with van der Waals surface area (Å²) < 4.78 is 30.5. The lowest BCUT2D eigenvalue weighted by Crippen LogP contribution is -2.49. The molecule has 2 aromatic carbocycles. The van der Waals surface area contributed by atoms with E-state index in [0.717, 1.165) is 11.2 Å². The van der Waals surface area contributed by atoms with E-state index in [2.05, 4.69) is 10.3 Å². The smallest absolute Gasteiger partial charge is 0.244 e. The first-order valence-corrected chi connectivity index (χ1v) is 10.2. The fourth-order valence-corrected chi connectivity index (χ4v) is 5.49. The van der Waals surface area contributed by atoms with Gasteiger partial charge in [-0.25, -0.2) is 13.4 Å². The number of nitrogens with zero attached hydrogens (tertiary/aromatic N) is 3. The van der Waals surface area contributed by atoms with Gasteiger partial charge in [0, 0.05) is 54.9 Å². The predicted octanol–water partition coefficient (Wildman–Crippen LogP) is 2.56. The van der Waals surface area contributed by atoms with Crippen molar-refractivity contribution in [1.82, 2.24) is 19.2 Å². The van der Waals surface area contributed by atoms with E-state index in [0.29, 0.717) is 30.0 Å². The van der Waals surface area contributed by atoms with Gasteiger partial charge in [0.25, 0.3) is 0 Å². The number of fused-ring (bicyclic) bond motifs is 1. The van der Waals surface area contributed by atoms with E-state index in [4.69, 9.17) is 11.6 Å². The zero-order valence-electron chi connectivity index (χ0n) is 14.3. The SMILES string of the molecule is Cn1ccnc1C1CNCCN1S(=O)(=O)c1ccc(Cl)c2ccccc12. The second-order valence-corrected chi connectivity index (χ2v) is 8.59. The predicted molar refractivity (Wildman–Crippen MR) is 102 cm³/mol. The molecule has 3 aromatic rings. The Labute approximate surface area is 157 Å². The third-order valence-electron chi connectivity index (χ3n) is 4.77. The van der Waals surface area contributed by atoms with Crippen molar-refractivity contribution in [3.8, 4) is 0 Å². The lowest BCUT2D eigenvalue weighted by atomic mass is 10.1. The van der Waals surface area contributed by atoms with Crippen LogP contribution in [-0.4, -0.2) is 41.9 Å². The Kier molecular flexibility index (Phi) is 4.48. The van der Waals surface area contributed by atoms with E-state index in [1.165, 1.54) is 0 Å². The number of hydrogen-bond donors (Lipinski definition) is 1. The highest BCUT2D eigenvalue weighted by Gasteiger charge is 2.37. The summed E-state index contributed by atoms with van der Waals surface area (Å²) in [5.41, 5.74) is 0. The third-order valence-corrected chi connectivity index (χ3v) is 7.06. The third kappa shape index (κ3) is 2.81. The normalized spacial score (nSPS) is 19.1. The summed E-state index contributed by atoms with van der Waals surface area (Å²) in [7, 11) is -1.84. The molecule has 0 amide bonds. The van der Waals surface area contributed by atoms with Gasteiger partial charge in [0.15, 0.2) is 0 Å². The number of hydrogen-bond acceptors (Lipinski definition) is 4. The molecule has 1 fully saturated rings. The largest absolute Gasteiger partial charge is 0.337 e. The van der Waals surface area contributed by atoms with Crippen LogP contribution in [0.4, 0.5) is 0 Å². The van der Waals surface area contributed by atoms with Gasteiger partial charge in [0.05, 0.1) is 10.9 Å². The molecule has 1 aromatic heterocycles. The van der Waals surface area contributed by atoms with E-state index in [9.17, 15) is 8.42 Å². The van der Waals surface area contributed by atoms with Crippen LogP contribution in [0.2, 0.25) is 5.02 Å². The number of benzene rings is 2. The van der Waals surface area contributed by atoms with E-state index < -0.39 is 10.0 Å². The molecule has 136 valence electrons. The molecule has 0 aliphatic carbocycles. The topological polar surface area (TPSA) is 67.2 Å². The van der Waals surface area contributed by atoms with E-state index in [1.54, 1.807) is 28.7 Å². The number of piperazine rings is 1. The van der Waals surface area contributed by atoms with Crippen molar-refractivity contribution in [3.05, 3.63) is 59.6 Å². The molecule has 1 aliphatic heterocycles. The zero-order chi connectivity index (χ0) is 18.3. The number of halogens is 1. The first-order valence-electron chi connectivity index (χ1n) is 8.37. The first-order chi connectivity index (χ1) is 12.5. The van der Waals surface area contributed by atoms with Crippen molar-refractivity contribution >= 4 is 32.4 Å². The molecule has 0 saturated carbocycles. The van der Waals surface area contributed by atoms with Crippen LogP contribution in [0.15, 0.2) is 53.7 Å². The average molecular weight is 391 g/mol.